The van der Waals surface area contributed by atoms with Gasteiger partial charge in [0, 0.05) is 18.4 Å². The van der Waals surface area contributed by atoms with Gasteiger partial charge in [0.15, 0.2) is 0 Å². The molecule has 1 aliphatic heterocycles. The van der Waals surface area contributed by atoms with Crippen molar-refractivity contribution >= 4 is 0 Å². The quantitative estimate of drug-likeness (QED) is 0.690. The Bertz CT molecular complexity index is 149. The number of hydrogen-bond acceptors (Lipinski definition) is 3. The fraction of sp³-hybridized carbons (Fsp3) is 1.00. The van der Waals surface area contributed by atoms with E-state index in [-0.39, 0.29) is 12.0 Å². The molecule has 3 nitrogen and oxygen atoms in total. The number of aliphatic hydroxyl groups excluding tert-OH is 1. The molecule has 1 saturated heterocycles. The zero-order valence-corrected chi connectivity index (χ0v) is 8.55. The van der Waals surface area contributed by atoms with E-state index >= 15 is 0 Å². The molecule has 0 aromatic carbocycles. The van der Waals surface area contributed by atoms with Crippen molar-refractivity contribution in [2.75, 3.05) is 19.8 Å². The lowest BCUT2D eigenvalue weighted by Gasteiger charge is -2.42. The van der Waals surface area contributed by atoms with Gasteiger partial charge in [-0.05, 0) is 12.8 Å². The van der Waals surface area contributed by atoms with Gasteiger partial charge in [-0.25, -0.2) is 0 Å². The average molecular weight is 188 g/mol. The molecule has 0 saturated carbocycles. The minimum atomic E-state index is -0.814. The van der Waals surface area contributed by atoms with Gasteiger partial charge in [0.1, 0.15) is 0 Å². The zero-order chi connectivity index (χ0) is 9.95. The first kappa shape index (κ1) is 11.0. The van der Waals surface area contributed by atoms with E-state index < -0.39 is 5.60 Å². The second-order valence-corrected chi connectivity index (χ2v) is 3.98. The molecule has 0 aliphatic carbocycles. The molecule has 1 fully saturated rings. The van der Waals surface area contributed by atoms with Crippen LogP contribution in [-0.4, -0.2) is 35.6 Å². The van der Waals surface area contributed by atoms with Crippen molar-refractivity contribution in [1.29, 1.82) is 0 Å². The summed E-state index contributed by atoms with van der Waals surface area (Å²) in [4.78, 5) is 0. The van der Waals surface area contributed by atoms with Crippen LogP contribution in [0, 0.1) is 5.41 Å². The third-order valence-electron chi connectivity index (χ3n) is 3.64. The summed E-state index contributed by atoms with van der Waals surface area (Å²) in [5.41, 5.74) is -1.19. The summed E-state index contributed by atoms with van der Waals surface area (Å²) in [5, 5.41) is 19.7. The van der Waals surface area contributed by atoms with Crippen molar-refractivity contribution in [3.63, 3.8) is 0 Å². The molecule has 3 heteroatoms. The molecule has 78 valence electrons. The summed E-state index contributed by atoms with van der Waals surface area (Å²) in [6, 6.07) is 0. The van der Waals surface area contributed by atoms with E-state index in [9.17, 15) is 10.2 Å². The Morgan fingerprint density at radius 1 is 1.38 bits per heavy atom. The predicted octanol–water partition coefficient (Wildman–Crippen LogP) is 0.936. The molecule has 0 radical (unpaired) electrons. The van der Waals surface area contributed by atoms with Crippen LogP contribution in [0.4, 0.5) is 0 Å². The van der Waals surface area contributed by atoms with Gasteiger partial charge >= 0.3 is 0 Å². The number of hydrogen-bond donors (Lipinski definition) is 2. The van der Waals surface area contributed by atoms with Gasteiger partial charge in [0.25, 0.3) is 0 Å². The van der Waals surface area contributed by atoms with Crippen molar-refractivity contribution in [3.05, 3.63) is 0 Å². The average Bonchev–Trinajstić information content (AvgIpc) is 2.57. The second kappa shape index (κ2) is 3.95. The maximum atomic E-state index is 10.3. The topological polar surface area (TPSA) is 49.7 Å². The number of rotatable bonds is 4. The van der Waals surface area contributed by atoms with Gasteiger partial charge in [-0.2, -0.15) is 0 Å². The standard InChI is InChI=1S/C10H20O3/c1-3-9(4-2,7-11)10(12)5-6-13-8-10/h11-12H,3-8H2,1-2H3. The Hall–Kier alpha value is -0.120. The van der Waals surface area contributed by atoms with E-state index in [1.807, 2.05) is 13.8 Å². The SMILES string of the molecule is CCC(CC)(CO)C1(O)CCOC1. The Morgan fingerprint density at radius 3 is 2.31 bits per heavy atom. The lowest BCUT2D eigenvalue weighted by atomic mass is 9.68. The minimum absolute atomic E-state index is 0.0415. The van der Waals surface area contributed by atoms with Crippen LogP contribution in [-0.2, 0) is 4.74 Å². The maximum Gasteiger partial charge on any atom is 0.0979 e. The van der Waals surface area contributed by atoms with Crippen LogP contribution in [0.1, 0.15) is 33.1 Å². The predicted molar refractivity (Wildman–Crippen MR) is 50.5 cm³/mol. The largest absolute Gasteiger partial charge is 0.396 e. The molecule has 0 spiro atoms. The molecule has 2 N–H and O–H groups in total. The highest BCUT2D eigenvalue weighted by Crippen LogP contribution is 2.42. The van der Waals surface area contributed by atoms with Gasteiger partial charge < -0.3 is 14.9 Å². The van der Waals surface area contributed by atoms with Crippen molar-refractivity contribution in [1.82, 2.24) is 0 Å². The highest BCUT2D eigenvalue weighted by Gasteiger charge is 2.49. The normalized spacial score (nSPS) is 29.5. The van der Waals surface area contributed by atoms with Crippen LogP contribution in [0.5, 0.6) is 0 Å². The smallest absolute Gasteiger partial charge is 0.0979 e. The van der Waals surface area contributed by atoms with Gasteiger partial charge in [0.05, 0.1) is 18.8 Å². The molecule has 1 rings (SSSR count). The minimum Gasteiger partial charge on any atom is -0.396 e. The molecular weight excluding hydrogens is 168 g/mol. The van der Waals surface area contributed by atoms with E-state index in [2.05, 4.69) is 0 Å². The summed E-state index contributed by atoms with van der Waals surface area (Å²) in [5.74, 6) is 0. The van der Waals surface area contributed by atoms with E-state index in [4.69, 9.17) is 4.74 Å². The molecule has 1 heterocycles. The van der Waals surface area contributed by atoms with Gasteiger partial charge in [-0.15, -0.1) is 0 Å². The first-order valence-corrected chi connectivity index (χ1v) is 5.05. The number of aliphatic hydroxyl groups is 2. The lowest BCUT2D eigenvalue weighted by molar-refractivity contribution is -0.114. The van der Waals surface area contributed by atoms with Crippen molar-refractivity contribution in [3.8, 4) is 0 Å². The molecule has 13 heavy (non-hydrogen) atoms. The fourth-order valence-corrected chi connectivity index (χ4v) is 2.25. The van der Waals surface area contributed by atoms with Crippen LogP contribution >= 0.6 is 0 Å². The summed E-state index contributed by atoms with van der Waals surface area (Å²) in [6.45, 7) is 5.04. The van der Waals surface area contributed by atoms with Crippen LogP contribution < -0.4 is 0 Å². The van der Waals surface area contributed by atoms with Crippen LogP contribution in [0.3, 0.4) is 0 Å². The Balaban J connectivity index is 2.84. The van der Waals surface area contributed by atoms with E-state index in [0.29, 0.717) is 19.6 Å². The van der Waals surface area contributed by atoms with Crippen molar-refractivity contribution in [2.45, 2.75) is 38.7 Å². The monoisotopic (exact) mass is 188 g/mol. The zero-order valence-electron chi connectivity index (χ0n) is 8.55. The molecule has 1 atom stereocenters. The summed E-state index contributed by atoms with van der Waals surface area (Å²) in [7, 11) is 0. The van der Waals surface area contributed by atoms with Crippen molar-refractivity contribution < 1.29 is 14.9 Å². The third kappa shape index (κ3) is 1.60. The van der Waals surface area contributed by atoms with E-state index in [1.165, 1.54) is 0 Å². The van der Waals surface area contributed by atoms with Crippen LogP contribution in [0.15, 0.2) is 0 Å². The molecular formula is C10H20O3. The molecule has 1 unspecified atom stereocenters. The lowest BCUT2D eigenvalue weighted by Crippen LogP contribution is -2.50. The van der Waals surface area contributed by atoms with E-state index in [0.717, 1.165) is 12.8 Å². The van der Waals surface area contributed by atoms with Crippen LogP contribution in [0.25, 0.3) is 0 Å². The first-order valence-electron chi connectivity index (χ1n) is 5.05. The maximum absolute atomic E-state index is 10.3. The van der Waals surface area contributed by atoms with Crippen LogP contribution in [0.2, 0.25) is 0 Å². The highest BCUT2D eigenvalue weighted by molar-refractivity contribution is 4.99. The first-order chi connectivity index (χ1) is 6.14. The molecule has 0 aromatic rings. The Kier molecular flexibility index (Phi) is 3.33. The van der Waals surface area contributed by atoms with Gasteiger partial charge in [0.2, 0.25) is 0 Å². The number of ether oxygens (including phenoxy) is 1. The molecule has 0 amide bonds. The molecule has 0 aromatic heterocycles. The molecule has 1 aliphatic rings. The summed E-state index contributed by atoms with van der Waals surface area (Å²) in [6.07, 6.45) is 2.23. The highest BCUT2D eigenvalue weighted by atomic mass is 16.5. The summed E-state index contributed by atoms with van der Waals surface area (Å²) >= 11 is 0. The van der Waals surface area contributed by atoms with Gasteiger partial charge in [-0.1, -0.05) is 13.8 Å². The van der Waals surface area contributed by atoms with Crippen molar-refractivity contribution in [2.24, 2.45) is 5.41 Å². The Labute approximate surface area is 79.7 Å². The Morgan fingerprint density at radius 2 is 2.00 bits per heavy atom. The third-order valence-corrected chi connectivity index (χ3v) is 3.64. The molecule has 0 bridgehead atoms. The summed E-state index contributed by atoms with van der Waals surface area (Å²) < 4.78 is 5.21. The second-order valence-electron chi connectivity index (χ2n) is 3.98. The fourth-order valence-electron chi connectivity index (χ4n) is 2.25. The van der Waals surface area contributed by atoms with Gasteiger partial charge in [-0.3, -0.25) is 0 Å². The van der Waals surface area contributed by atoms with E-state index in [1.54, 1.807) is 0 Å².